The molecule has 170 valence electrons. The number of fused-ring (bicyclic) bond motifs is 1. The Morgan fingerprint density at radius 1 is 1.32 bits per heavy atom. The first-order valence-electron chi connectivity index (χ1n) is 10.7. The first kappa shape index (κ1) is 20.6. The molecule has 4 heterocycles. The second-order valence-electron chi connectivity index (χ2n) is 9.55. The monoisotopic (exact) mass is 441 g/mol. The molecule has 5 rings (SSSR count). The molecule has 1 aliphatic carbocycles. The van der Waals surface area contributed by atoms with E-state index in [9.17, 15) is 22.8 Å². The molecule has 1 aromatic heterocycles. The van der Waals surface area contributed by atoms with E-state index in [0.717, 1.165) is 12.8 Å². The SMILES string of the molecule is Cn1cc(CC2CC3(C2)CN(C(=O)N2CC[C@@H]4OCC(=O)N[C@@H]4C2)C3)c(C(F)(F)F)n1. The zero-order chi connectivity index (χ0) is 22.0. The van der Waals surface area contributed by atoms with Gasteiger partial charge in [0.25, 0.3) is 0 Å². The standard InChI is InChI=1S/C20H26F3N5O3/c1-26-7-13(17(25-26)20(21,22)23)4-12-5-19(6-12)10-28(11-19)18(30)27-3-2-15-14(8-27)24-16(29)9-31-15/h7,12,14-15H,2-6,8-11H2,1H3,(H,24,29)/t14-,15+/m1/s1. The van der Waals surface area contributed by atoms with E-state index in [0.29, 0.717) is 39.0 Å². The molecule has 4 aliphatic rings. The summed E-state index contributed by atoms with van der Waals surface area (Å²) in [4.78, 5) is 28.0. The first-order chi connectivity index (χ1) is 14.6. The summed E-state index contributed by atoms with van der Waals surface area (Å²) < 4.78 is 46.2. The minimum atomic E-state index is -4.44. The molecule has 2 atom stereocenters. The van der Waals surface area contributed by atoms with Crippen molar-refractivity contribution in [3.63, 3.8) is 0 Å². The third-order valence-corrected chi connectivity index (χ3v) is 7.04. The third kappa shape index (κ3) is 3.77. The Hall–Kier alpha value is -2.30. The summed E-state index contributed by atoms with van der Waals surface area (Å²) >= 11 is 0. The van der Waals surface area contributed by atoms with E-state index < -0.39 is 11.9 Å². The van der Waals surface area contributed by atoms with Gasteiger partial charge in [-0.2, -0.15) is 18.3 Å². The fourth-order valence-corrected chi connectivity index (χ4v) is 5.78. The summed E-state index contributed by atoms with van der Waals surface area (Å²) in [6.07, 6.45) is -0.284. The number of hydrogen-bond donors (Lipinski definition) is 1. The molecule has 1 spiro atoms. The second-order valence-corrected chi connectivity index (χ2v) is 9.55. The van der Waals surface area contributed by atoms with Crippen LogP contribution in [0, 0.1) is 11.3 Å². The number of carbonyl (C=O) groups is 2. The van der Waals surface area contributed by atoms with Crippen LogP contribution in [0.15, 0.2) is 6.20 Å². The average molecular weight is 441 g/mol. The number of aryl methyl sites for hydroxylation is 1. The second kappa shape index (κ2) is 7.11. The topological polar surface area (TPSA) is 79.7 Å². The van der Waals surface area contributed by atoms with Gasteiger partial charge in [0.05, 0.1) is 12.1 Å². The van der Waals surface area contributed by atoms with E-state index in [1.165, 1.54) is 17.9 Å². The third-order valence-electron chi connectivity index (χ3n) is 7.04. The number of piperidine rings is 1. The van der Waals surface area contributed by atoms with Crippen molar-refractivity contribution in [2.24, 2.45) is 18.4 Å². The van der Waals surface area contributed by atoms with Crippen LogP contribution in [0.4, 0.5) is 18.0 Å². The Labute approximate surface area is 177 Å². The number of urea groups is 1. The van der Waals surface area contributed by atoms with Crippen LogP contribution in [0.3, 0.4) is 0 Å². The Bertz CT molecular complexity index is 887. The molecule has 8 nitrogen and oxygen atoms in total. The van der Waals surface area contributed by atoms with Crippen LogP contribution >= 0.6 is 0 Å². The first-order valence-corrected chi connectivity index (χ1v) is 10.7. The highest BCUT2D eigenvalue weighted by Gasteiger charge is 2.54. The number of carbonyl (C=O) groups excluding carboxylic acids is 2. The molecule has 1 aromatic rings. The summed E-state index contributed by atoms with van der Waals surface area (Å²) in [6, 6.07) is -0.191. The van der Waals surface area contributed by atoms with Gasteiger partial charge in [0.2, 0.25) is 5.91 Å². The van der Waals surface area contributed by atoms with Crippen LogP contribution in [0.5, 0.6) is 0 Å². The van der Waals surface area contributed by atoms with Gasteiger partial charge < -0.3 is 19.9 Å². The highest BCUT2D eigenvalue weighted by atomic mass is 19.4. The van der Waals surface area contributed by atoms with E-state index in [2.05, 4.69) is 10.4 Å². The molecule has 4 fully saturated rings. The number of aromatic nitrogens is 2. The molecule has 11 heteroatoms. The van der Waals surface area contributed by atoms with Gasteiger partial charge in [-0.05, 0) is 31.6 Å². The zero-order valence-corrected chi connectivity index (χ0v) is 17.3. The molecule has 1 N–H and O–H groups in total. The molecular formula is C20H26F3N5O3. The Balaban J connectivity index is 1.11. The van der Waals surface area contributed by atoms with Gasteiger partial charge in [0.1, 0.15) is 6.61 Å². The molecule has 0 aromatic carbocycles. The smallest absolute Gasteiger partial charge is 0.366 e. The summed E-state index contributed by atoms with van der Waals surface area (Å²) in [5.74, 6) is 0.0363. The molecule has 3 saturated heterocycles. The number of nitrogens with zero attached hydrogens (tertiary/aromatic N) is 4. The summed E-state index contributed by atoms with van der Waals surface area (Å²) in [7, 11) is 1.50. The van der Waals surface area contributed by atoms with Crippen molar-refractivity contribution in [2.45, 2.75) is 44.0 Å². The van der Waals surface area contributed by atoms with Crippen molar-refractivity contribution in [3.05, 3.63) is 17.5 Å². The van der Waals surface area contributed by atoms with Crippen LogP contribution in [-0.4, -0.2) is 76.5 Å². The van der Waals surface area contributed by atoms with Crippen molar-refractivity contribution in [3.8, 4) is 0 Å². The summed E-state index contributed by atoms with van der Waals surface area (Å²) in [5.41, 5.74) is -0.494. The van der Waals surface area contributed by atoms with Gasteiger partial charge in [-0.1, -0.05) is 0 Å². The molecule has 3 amide bonds. The molecule has 0 bridgehead atoms. The lowest BCUT2D eigenvalue weighted by Gasteiger charge is -2.60. The van der Waals surface area contributed by atoms with Crippen molar-refractivity contribution in [2.75, 3.05) is 32.8 Å². The quantitative estimate of drug-likeness (QED) is 0.753. The van der Waals surface area contributed by atoms with Gasteiger partial charge in [0.15, 0.2) is 5.69 Å². The fourth-order valence-electron chi connectivity index (χ4n) is 5.78. The van der Waals surface area contributed by atoms with E-state index in [1.54, 1.807) is 4.90 Å². The number of ether oxygens (including phenoxy) is 1. The number of morpholine rings is 1. The lowest BCUT2D eigenvalue weighted by molar-refractivity contribution is -0.142. The van der Waals surface area contributed by atoms with Gasteiger partial charge in [-0.15, -0.1) is 0 Å². The predicted molar refractivity (Wildman–Crippen MR) is 102 cm³/mol. The number of alkyl halides is 3. The minimum absolute atomic E-state index is 0.0287. The number of halogens is 3. The number of amides is 3. The van der Waals surface area contributed by atoms with Crippen LogP contribution in [0.1, 0.15) is 30.5 Å². The lowest BCUT2D eigenvalue weighted by atomic mass is 9.56. The lowest BCUT2D eigenvalue weighted by Crippen LogP contribution is -2.68. The van der Waals surface area contributed by atoms with Crippen LogP contribution in [-0.2, 0) is 29.2 Å². The van der Waals surface area contributed by atoms with Gasteiger partial charge in [0, 0.05) is 50.4 Å². The highest BCUT2D eigenvalue weighted by Crippen LogP contribution is 2.53. The van der Waals surface area contributed by atoms with E-state index in [-0.39, 0.29) is 47.6 Å². The van der Waals surface area contributed by atoms with Gasteiger partial charge in [-0.3, -0.25) is 9.48 Å². The predicted octanol–water partition coefficient (Wildman–Crippen LogP) is 1.40. The number of hydrogen-bond acceptors (Lipinski definition) is 4. The van der Waals surface area contributed by atoms with Crippen molar-refractivity contribution < 1.29 is 27.5 Å². The Morgan fingerprint density at radius 3 is 2.77 bits per heavy atom. The molecule has 0 unspecified atom stereocenters. The molecule has 31 heavy (non-hydrogen) atoms. The van der Waals surface area contributed by atoms with Crippen molar-refractivity contribution in [1.82, 2.24) is 24.9 Å². The van der Waals surface area contributed by atoms with E-state index in [1.807, 2.05) is 4.90 Å². The minimum Gasteiger partial charge on any atom is -0.366 e. The molecule has 3 aliphatic heterocycles. The van der Waals surface area contributed by atoms with E-state index >= 15 is 0 Å². The number of likely N-dealkylation sites (tertiary alicyclic amines) is 2. The maximum atomic E-state index is 13.2. The molecular weight excluding hydrogens is 415 g/mol. The Morgan fingerprint density at radius 2 is 2.06 bits per heavy atom. The average Bonchev–Trinajstić information content (AvgIpc) is 3.02. The number of nitrogens with one attached hydrogen (secondary N) is 1. The number of rotatable bonds is 2. The summed E-state index contributed by atoms with van der Waals surface area (Å²) in [5, 5.41) is 6.48. The maximum Gasteiger partial charge on any atom is 0.435 e. The largest absolute Gasteiger partial charge is 0.435 e. The zero-order valence-electron chi connectivity index (χ0n) is 17.3. The fraction of sp³-hybridized carbons (Fsp3) is 0.750. The normalized spacial score (nSPS) is 28.1. The van der Waals surface area contributed by atoms with Crippen molar-refractivity contribution >= 4 is 11.9 Å². The highest BCUT2D eigenvalue weighted by molar-refractivity contribution is 5.79. The molecule has 1 saturated carbocycles. The van der Waals surface area contributed by atoms with Crippen molar-refractivity contribution in [1.29, 1.82) is 0 Å². The summed E-state index contributed by atoms with van der Waals surface area (Å²) in [6.45, 7) is 2.42. The van der Waals surface area contributed by atoms with Crippen LogP contribution in [0.25, 0.3) is 0 Å². The van der Waals surface area contributed by atoms with Gasteiger partial charge in [-0.25, -0.2) is 4.79 Å². The van der Waals surface area contributed by atoms with Crippen LogP contribution in [0.2, 0.25) is 0 Å². The van der Waals surface area contributed by atoms with Gasteiger partial charge >= 0.3 is 12.2 Å². The maximum absolute atomic E-state index is 13.2. The molecule has 0 radical (unpaired) electrons. The van der Waals surface area contributed by atoms with Crippen LogP contribution < -0.4 is 5.32 Å². The van der Waals surface area contributed by atoms with E-state index in [4.69, 9.17) is 4.74 Å². The Kier molecular flexibility index (Phi) is 4.72.